The number of nitro benzene ring substituents is 1. The second-order valence-electron chi connectivity index (χ2n) is 3.94. The summed E-state index contributed by atoms with van der Waals surface area (Å²) in [6.07, 6.45) is 1.56. The molecule has 0 aliphatic heterocycles. The lowest BCUT2D eigenvalue weighted by Crippen LogP contribution is -1.96. The average Bonchev–Trinajstić information content (AvgIpc) is 2.41. The lowest BCUT2D eigenvalue weighted by molar-refractivity contribution is -0.385. The molecule has 0 unspecified atom stereocenters. The number of nitro groups is 1. The molecule has 0 fully saturated rings. The number of aromatic nitrogens is 1. The average molecular weight is 260 g/mol. The van der Waals surface area contributed by atoms with Crippen molar-refractivity contribution in [2.24, 2.45) is 0 Å². The Bertz CT molecular complexity index is 596. The summed E-state index contributed by atoms with van der Waals surface area (Å²) < 4.78 is 5.51. The summed E-state index contributed by atoms with van der Waals surface area (Å²) in [6.45, 7) is 1.44. The van der Waals surface area contributed by atoms with Crippen LogP contribution in [0.15, 0.2) is 36.5 Å². The molecule has 6 nitrogen and oxygen atoms in total. The molecule has 0 aliphatic rings. The predicted molar refractivity (Wildman–Crippen MR) is 68.1 cm³/mol. The molecule has 0 amide bonds. The van der Waals surface area contributed by atoms with Crippen LogP contribution in [0.4, 0.5) is 5.69 Å². The van der Waals surface area contributed by atoms with Gasteiger partial charge in [-0.3, -0.25) is 15.1 Å². The van der Waals surface area contributed by atoms with E-state index in [1.165, 1.54) is 18.2 Å². The van der Waals surface area contributed by atoms with Gasteiger partial charge in [-0.05, 0) is 31.2 Å². The van der Waals surface area contributed by atoms with Crippen LogP contribution in [0.2, 0.25) is 0 Å². The number of rotatable bonds is 4. The van der Waals surface area contributed by atoms with Gasteiger partial charge >= 0.3 is 0 Å². The van der Waals surface area contributed by atoms with Crippen LogP contribution in [0.1, 0.15) is 11.3 Å². The van der Waals surface area contributed by atoms with E-state index in [4.69, 9.17) is 9.84 Å². The van der Waals surface area contributed by atoms with Gasteiger partial charge in [0.05, 0.1) is 23.3 Å². The van der Waals surface area contributed by atoms with Gasteiger partial charge in [0.25, 0.3) is 5.69 Å². The molecule has 2 aromatic rings. The van der Waals surface area contributed by atoms with Crippen molar-refractivity contribution in [1.82, 2.24) is 4.98 Å². The predicted octanol–water partition coefficient (Wildman–Crippen LogP) is 2.58. The summed E-state index contributed by atoms with van der Waals surface area (Å²) in [5.74, 6) is 0.948. The van der Waals surface area contributed by atoms with Gasteiger partial charge in [-0.1, -0.05) is 0 Å². The molecule has 0 bridgehead atoms. The van der Waals surface area contributed by atoms with Crippen molar-refractivity contribution >= 4 is 5.69 Å². The second kappa shape index (κ2) is 5.45. The van der Waals surface area contributed by atoms with E-state index in [1.807, 2.05) is 6.92 Å². The number of ether oxygens (including phenoxy) is 1. The highest BCUT2D eigenvalue weighted by Crippen LogP contribution is 2.27. The van der Waals surface area contributed by atoms with Crippen LogP contribution >= 0.6 is 0 Å². The first-order valence-corrected chi connectivity index (χ1v) is 5.59. The van der Waals surface area contributed by atoms with E-state index < -0.39 is 11.5 Å². The Labute approximate surface area is 109 Å². The molecule has 0 radical (unpaired) electrons. The maximum absolute atomic E-state index is 10.7. The third-order valence-corrected chi connectivity index (χ3v) is 2.54. The third-order valence-electron chi connectivity index (χ3n) is 2.54. The van der Waals surface area contributed by atoms with Crippen LogP contribution in [0.5, 0.6) is 11.5 Å². The molecule has 1 aromatic carbocycles. The van der Waals surface area contributed by atoms with Crippen LogP contribution in [0.25, 0.3) is 0 Å². The fourth-order valence-corrected chi connectivity index (χ4v) is 1.58. The highest BCUT2D eigenvalue weighted by molar-refractivity contribution is 5.46. The molecular formula is C13H12N2O4. The fourth-order valence-electron chi connectivity index (χ4n) is 1.58. The molecule has 98 valence electrons. The van der Waals surface area contributed by atoms with Crippen molar-refractivity contribution < 1.29 is 14.8 Å². The number of hydrogen-bond acceptors (Lipinski definition) is 5. The van der Waals surface area contributed by atoms with Crippen LogP contribution < -0.4 is 4.74 Å². The molecule has 1 aromatic heterocycles. The first-order chi connectivity index (χ1) is 9.10. The molecule has 0 spiro atoms. The van der Waals surface area contributed by atoms with Gasteiger partial charge in [-0.25, -0.2) is 0 Å². The normalized spacial score (nSPS) is 10.2. The smallest absolute Gasteiger partial charge is 0.275 e. The number of benzene rings is 1. The second-order valence-corrected chi connectivity index (χ2v) is 3.94. The SMILES string of the molecule is Cc1ccc(Oc2ccc([N+](=O)[O-])c(CO)c2)cn1. The van der Waals surface area contributed by atoms with Gasteiger partial charge in [-0.2, -0.15) is 0 Å². The molecule has 0 atom stereocenters. The molecule has 0 saturated carbocycles. The van der Waals surface area contributed by atoms with E-state index in [1.54, 1.807) is 18.3 Å². The van der Waals surface area contributed by atoms with E-state index in [0.717, 1.165) is 5.69 Å². The molecular weight excluding hydrogens is 248 g/mol. The number of aliphatic hydroxyl groups is 1. The maximum Gasteiger partial charge on any atom is 0.275 e. The Kier molecular flexibility index (Phi) is 3.72. The van der Waals surface area contributed by atoms with Crippen molar-refractivity contribution in [2.45, 2.75) is 13.5 Å². The van der Waals surface area contributed by atoms with Crippen molar-refractivity contribution in [3.63, 3.8) is 0 Å². The van der Waals surface area contributed by atoms with Crippen molar-refractivity contribution in [3.05, 3.63) is 57.9 Å². The molecule has 0 saturated heterocycles. The summed E-state index contributed by atoms with van der Waals surface area (Å²) in [7, 11) is 0. The van der Waals surface area contributed by atoms with Crippen LogP contribution in [-0.4, -0.2) is 15.0 Å². The Balaban J connectivity index is 2.26. The third kappa shape index (κ3) is 3.05. The summed E-state index contributed by atoms with van der Waals surface area (Å²) in [5.41, 5.74) is 0.951. The van der Waals surface area contributed by atoms with E-state index in [9.17, 15) is 10.1 Å². The monoisotopic (exact) mass is 260 g/mol. The molecule has 19 heavy (non-hydrogen) atoms. The maximum atomic E-state index is 10.7. The zero-order chi connectivity index (χ0) is 13.8. The molecule has 1 N–H and O–H groups in total. The van der Waals surface area contributed by atoms with E-state index in [0.29, 0.717) is 11.5 Å². The standard InChI is InChI=1S/C13H12N2O4/c1-9-2-3-12(7-14-9)19-11-4-5-13(15(17)18)10(6-11)8-16/h2-7,16H,8H2,1H3. The van der Waals surface area contributed by atoms with Crippen molar-refractivity contribution in [1.29, 1.82) is 0 Å². The zero-order valence-corrected chi connectivity index (χ0v) is 10.2. The summed E-state index contributed by atoms with van der Waals surface area (Å²) in [6, 6.07) is 7.79. The van der Waals surface area contributed by atoms with Gasteiger partial charge in [-0.15, -0.1) is 0 Å². The Morgan fingerprint density at radius 2 is 2.05 bits per heavy atom. The summed E-state index contributed by atoms with van der Waals surface area (Å²) >= 11 is 0. The number of nitrogens with zero attached hydrogens (tertiary/aromatic N) is 2. The topological polar surface area (TPSA) is 85.5 Å². The van der Waals surface area contributed by atoms with E-state index >= 15 is 0 Å². The zero-order valence-electron chi connectivity index (χ0n) is 10.2. The van der Waals surface area contributed by atoms with Crippen LogP contribution in [0, 0.1) is 17.0 Å². The van der Waals surface area contributed by atoms with E-state index in [-0.39, 0.29) is 11.3 Å². The first-order valence-electron chi connectivity index (χ1n) is 5.59. The van der Waals surface area contributed by atoms with Gasteiger partial charge in [0.15, 0.2) is 0 Å². The van der Waals surface area contributed by atoms with E-state index in [2.05, 4.69) is 4.98 Å². The van der Waals surface area contributed by atoms with Gasteiger partial charge in [0, 0.05) is 11.8 Å². The van der Waals surface area contributed by atoms with Gasteiger partial charge < -0.3 is 9.84 Å². The summed E-state index contributed by atoms with van der Waals surface area (Å²) in [5, 5.41) is 19.9. The molecule has 0 aliphatic carbocycles. The lowest BCUT2D eigenvalue weighted by Gasteiger charge is -2.07. The summed E-state index contributed by atoms with van der Waals surface area (Å²) in [4.78, 5) is 14.3. The number of aryl methyl sites for hydroxylation is 1. The van der Waals surface area contributed by atoms with Gasteiger partial charge in [0.2, 0.25) is 0 Å². The number of hydrogen-bond donors (Lipinski definition) is 1. The number of pyridine rings is 1. The highest BCUT2D eigenvalue weighted by Gasteiger charge is 2.13. The Morgan fingerprint density at radius 1 is 1.32 bits per heavy atom. The highest BCUT2D eigenvalue weighted by atomic mass is 16.6. The van der Waals surface area contributed by atoms with Crippen molar-refractivity contribution in [3.8, 4) is 11.5 Å². The molecule has 6 heteroatoms. The number of aliphatic hydroxyl groups excluding tert-OH is 1. The van der Waals surface area contributed by atoms with Crippen molar-refractivity contribution in [2.75, 3.05) is 0 Å². The minimum Gasteiger partial charge on any atom is -0.456 e. The van der Waals surface area contributed by atoms with Crippen LogP contribution in [0.3, 0.4) is 0 Å². The lowest BCUT2D eigenvalue weighted by atomic mass is 10.2. The largest absolute Gasteiger partial charge is 0.456 e. The first kappa shape index (κ1) is 13.0. The fraction of sp³-hybridized carbons (Fsp3) is 0.154. The van der Waals surface area contributed by atoms with Crippen LogP contribution in [-0.2, 0) is 6.61 Å². The Hall–Kier alpha value is -2.47. The minimum atomic E-state index is -0.539. The quantitative estimate of drug-likeness (QED) is 0.674. The molecule has 2 rings (SSSR count). The minimum absolute atomic E-state index is 0.128. The molecule has 1 heterocycles. The van der Waals surface area contributed by atoms with Gasteiger partial charge in [0.1, 0.15) is 11.5 Å². The Morgan fingerprint density at radius 3 is 2.63 bits per heavy atom.